The van der Waals surface area contributed by atoms with E-state index in [1.807, 2.05) is 6.92 Å². The molecule has 18 heavy (non-hydrogen) atoms. The largest absolute Gasteiger partial charge is 0.307 e. The minimum absolute atomic E-state index is 0.342. The average Bonchev–Trinajstić information content (AvgIpc) is 2.74. The summed E-state index contributed by atoms with van der Waals surface area (Å²) in [5.41, 5.74) is 1.21. The van der Waals surface area contributed by atoms with Crippen LogP contribution < -0.4 is 5.32 Å². The lowest BCUT2D eigenvalue weighted by molar-refractivity contribution is -0.111. The maximum Gasteiger partial charge on any atom is 0.249 e. The molecule has 0 radical (unpaired) electrons. The van der Waals surface area contributed by atoms with Gasteiger partial charge in [0.05, 0.1) is 6.20 Å². The molecule has 2 rings (SSSR count). The summed E-state index contributed by atoms with van der Waals surface area (Å²) in [4.78, 5) is 11.6. The molecule has 5 heteroatoms. The van der Waals surface area contributed by atoms with E-state index in [1.54, 1.807) is 24.4 Å². The Morgan fingerprint density at radius 2 is 2.22 bits per heavy atom. The Bertz CT molecular complexity index is 589. The Balaban J connectivity index is 2.04. The predicted molar refractivity (Wildman–Crippen MR) is 67.4 cm³/mol. The van der Waals surface area contributed by atoms with Gasteiger partial charge in [0.1, 0.15) is 11.6 Å². The summed E-state index contributed by atoms with van der Waals surface area (Å²) in [6.07, 6.45) is 4.31. The van der Waals surface area contributed by atoms with Crippen LogP contribution in [0.1, 0.15) is 11.1 Å². The fourth-order valence-corrected chi connectivity index (χ4v) is 1.41. The molecule has 1 heterocycles. The van der Waals surface area contributed by atoms with Gasteiger partial charge in [-0.05, 0) is 19.1 Å². The van der Waals surface area contributed by atoms with E-state index >= 15 is 0 Å². The predicted octanol–water partition coefficient (Wildman–Crippen LogP) is 2.51. The first kappa shape index (κ1) is 12.0. The number of aromatic nitrogens is 2. The summed E-state index contributed by atoms with van der Waals surface area (Å²) in [6, 6.07) is 6.25. The van der Waals surface area contributed by atoms with Crippen LogP contribution >= 0.6 is 0 Å². The van der Waals surface area contributed by atoms with Gasteiger partial charge in [0.2, 0.25) is 5.91 Å². The number of carbonyl (C=O) groups is 1. The lowest BCUT2D eigenvalue weighted by Crippen LogP contribution is -2.09. The van der Waals surface area contributed by atoms with Gasteiger partial charge < -0.3 is 5.32 Å². The topological polar surface area (TPSA) is 57.8 Å². The number of benzene rings is 1. The van der Waals surface area contributed by atoms with E-state index in [9.17, 15) is 9.18 Å². The molecule has 4 nitrogen and oxygen atoms in total. The van der Waals surface area contributed by atoms with Gasteiger partial charge in [0.15, 0.2) is 0 Å². The number of anilines is 1. The molecular formula is C13H12FN3O. The second-order valence-corrected chi connectivity index (χ2v) is 3.77. The number of H-pyrrole nitrogens is 1. The number of carbonyl (C=O) groups excluding carboxylic acids is 1. The van der Waals surface area contributed by atoms with E-state index in [2.05, 4.69) is 15.5 Å². The monoisotopic (exact) mass is 245 g/mol. The Hall–Kier alpha value is -2.43. The molecule has 0 aliphatic carbocycles. The van der Waals surface area contributed by atoms with Crippen molar-refractivity contribution in [2.24, 2.45) is 0 Å². The molecule has 0 saturated carbocycles. The summed E-state index contributed by atoms with van der Waals surface area (Å²) in [7, 11) is 0. The molecular weight excluding hydrogens is 233 g/mol. The summed E-state index contributed by atoms with van der Waals surface area (Å²) in [5.74, 6) is -0.164. The van der Waals surface area contributed by atoms with E-state index < -0.39 is 0 Å². The Morgan fingerprint density at radius 1 is 1.44 bits per heavy atom. The third-order valence-corrected chi connectivity index (χ3v) is 2.40. The summed E-state index contributed by atoms with van der Waals surface area (Å²) >= 11 is 0. The molecule has 92 valence electrons. The van der Waals surface area contributed by atoms with Crippen LogP contribution in [0.3, 0.4) is 0 Å². The highest BCUT2D eigenvalue weighted by Gasteiger charge is 2.03. The first-order chi connectivity index (χ1) is 8.66. The van der Waals surface area contributed by atoms with Crippen LogP contribution in [0.4, 0.5) is 10.2 Å². The summed E-state index contributed by atoms with van der Waals surface area (Å²) < 4.78 is 13.3. The van der Waals surface area contributed by atoms with Gasteiger partial charge in [-0.25, -0.2) is 4.39 Å². The van der Waals surface area contributed by atoms with Crippen molar-refractivity contribution in [3.05, 3.63) is 53.5 Å². The Labute approximate surface area is 104 Å². The van der Waals surface area contributed by atoms with Gasteiger partial charge in [0.25, 0.3) is 0 Å². The van der Waals surface area contributed by atoms with E-state index in [-0.39, 0.29) is 11.7 Å². The highest BCUT2D eigenvalue weighted by Crippen LogP contribution is 2.10. The van der Waals surface area contributed by atoms with Crippen molar-refractivity contribution in [3.8, 4) is 0 Å². The van der Waals surface area contributed by atoms with Crippen molar-refractivity contribution < 1.29 is 9.18 Å². The van der Waals surface area contributed by atoms with Crippen LogP contribution in [-0.4, -0.2) is 16.1 Å². The molecule has 0 unspecified atom stereocenters. The zero-order valence-electron chi connectivity index (χ0n) is 9.77. The van der Waals surface area contributed by atoms with E-state index in [4.69, 9.17) is 0 Å². The number of nitrogens with one attached hydrogen (secondary N) is 2. The van der Waals surface area contributed by atoms with Gasteiger partial charge in [0, 0.05) is 17.2 Å². The van der Waals surface area contributed by atoms with Crippen LogP contribution in [-0.2, 0) is 4.79 Å². The third kappa shape index (κ3) is 2.82. The van der Waals surface area contributed by atoms with Crippen molar-refractivity contribution >= 4 is 17.8 Å². The molecule has 2 aromatic rings. The number of halogens is 1. The molecule has 0 fully saturated rings. The summed E-state index contributed by atoms with van der Waals surface area (Å²) in [5, 5.41) is 9.05. The number of rotatable bonds is 3. The van der Waals surface area contributed by atoms with Crippen LogP contribution in [0.25, 0.3) is 6.08 Å². The minimum Gasteiger partial charge on any atom is -0.307 e. The smallest absolute Gasteiger partial charge is 0.249 e. The molecule has 0 atom stereocenters. The molecule has 1 aromatic heterocycles. The summed E-state index contributed by atoms with van der Waals surface area (Å²) in [6.45, 7) is 1.82. The second-order valence-electron chi connectivity index (χ2n) is 3.77. The molecule has 1 amide bonds. The van der Waals surface area contributed by atoms with Crippen LogP contribution in [0.2, 0.25) is 0 Å². The van der Waals surface area contributed by atoms with Crippen LogP contribution in [0, 0.1) is 12.7 Å². The number of hydrogen-bond acceptors (Lipinski definition) is 2. The van der Waals surface area contributed by atoms with Crippen molar-refractivity contribution in [2.75, 3.05) is 5.32 Å². The van der Waals surface area contributed by atoms with Crippen LogP contribution in [0.15, 0.2) is 36.5 Å². The molecule has 0 aliphatic rings. The molecule has 0 bridgehead atoms. The lowest BCUT2D eigenvalue weighted by Gasteiger charge is -1.99. The van der Waals surface area contributed by atoms with Crippen molar-refractivity contribution in [1.82, 2.24) is 10.2 Å². The molecule has 1 aromatic carbocycles. The molecule has 0 aliphatic heterocycles. The first-order valence-corrected chi connectivity index (χ1v) is 5.40. The maximum absolute atomic E-state index is 13.3. The number of aryl methyl sites for hydroxylation is 1. The second kappa shape index (κ2) is 5.27. The minimum atomic E-state index is -0.362. The number of nitrogens with zero attached hydrogens (tertiary/aromatic N) is 1. The van der Waals surface area contributed by atoms with Gasteiger partial charge in [-0.3, -0.25) is 9.89 Å². The number of hydrogen-bond donors (Lipinski definition) is 2. The van der Waals surface area contributed by atoms with Gasteiger partial charge in [-0.1, -0.05) is 18.2 Å². The highest BCUT2D eigenvalue weighted by molar-refractivity contribution is 6.01. The SMILES string of the molecule is Cc1cn[nH]c1NC(=O)/C=C/c1ccccc1F. The standard InChI is InChI=1S/C13H12FN3O/c1-9-8-15-17-13(9)16-12(18)7-6-10-4-2-3-5-11(10)14/h2-8H,1H3,(H2,15,16,17,18)/b7-6+. The third-order valence-electron chi connectivity index (χ3n) is 2.40. The molecule has 0 saturated heterocycles. The fraction of sp³-hybridized carbons (Fsp3) is 0.0769. The maximum atomic E-state index is 13.3. The van der Waals surface area contributed by atoms with E-state index in [0.717, 1.165) is 5.56 Å². The number of amides is 1. The van der Waals surface area contributed by atoms with Crippen molar-refractivity contribution in [3.63, 3.8) is 0 Å². The highest BCUT2D eigenvalue weighted by atomic mass is 19.1. The zero-order chi connectivity index (χ0) is 13.0. The Morgan fingerprint density at radius 3 is 2.89 bits per heavy atom. The zero-order valence-corrected chi connectivity index (χ0v) is 9.77. The lowest BCUT2D eigenvalue weighted by atomic mass is 10.2. The van der Waals surface area contributed by atoms with Crippen molar-refractivity contribution in [1.29, 1.82) is 0 Å². The van der Waals surface area contributed by atoms with Crippen molar-refractivity contribution in [2.45, 2.75) is 6.92 Å². The van der Waals surface area contributed by atoms with Gasteiger partial charge in [-0.2, -0.15) is 5.10 Å². The van der Waals surface area contributed by atoms with E-state index in [1.165, 1.54) is 18.2 Å². The van der Waals surface area contributed by atoms with Crippen LogP contribution in [0.5, 0.6) is 0 Å². The van der Waals surface area contributed by atoms with E-state index in [0.29, 0.717) is 11.4 Å². The number of aromatic amines is 1. The Kier molecular flexibility index (Phi) is 3.52. The molecule has 2 N–H and O–H groups in total. The van der Waals surface area contributed by atoms with Gasteiger partial charge >= 0.3 is 0 Å². The average molecular weight is 245 g/mol. The van der Waals surface area contributed by atoms with Gasteiger partial charge in [-0.15, -0.1) is 0 Å². The quantitative estimate of drug-likeness (QED) is 0.816. The first-order valence-electron chi connectivity index (χ1n) is 5.40. The molecule has 0 spiro atoms. The fourth-order valence-electron chi connectivity index (χ4n) is 1.41. The normalized spacial score (nSPS) is 10.8.